The van der Waals surface area contributed by atoms with Gasteiger partial charge in [0.1, 0.15) is 6.54 Å². The molecule has 1 saturated heterocycles. The number of carbonyl (C=O) groups is 1. The zero-order chi connectivity index (χ0) is 16.2. The van der Waals surface area contributed by atoms with Crippen LogP contribution in [0.3, 0.4) is 0 Å². The van der Waals surface area contributed by atoms with E-state index in [2.05, 4.69) is 41.1 Å². The van der Waals surface area contributed by atoms with Gasteiger partial charge in [-0.05, 0) is 33.7 Å². The van der Waals surface area contributed by atoms with Gasteiger partial charge in [0.15, 0.2) is 0 Å². The summed E-state index contributed by atoms with van der Waals surface area (Å²) in [6.07, 6.45) is 5.50. The van der Waals surface area contributed by atoms with Crippen molar-refractivity contribution in [3.8, 4) is 0 Å². The Hall–Kier alpha value is -1.73. The van der Waals surface area contributed by atoms with E-state index in [0.717, 1.165) is 31.6 Å². The van der Waals surface area contributed by atoms with Crippen molar-refractivity contribution in [2.24, 2.45) is 0 Å². The molecule has 1 aromatic heterocycles. The first-order valence-corrected chi connectivity index (χ1v) is 7.46. The molecule has 122 valence electrons. The van der Waals surface area contributed by atoms with Crippen LogP contribution < -0.4 is 5.32 Å². The van der Waals surface area contributed by atoms with Crippen molar-refractivity contribution in [3.05, 3.63) is 18.0 Å². The summed E-state index contributed by atoms with van der Waals surface area (Å²) in [6, 6.07) is 0.480. The minimum atomic E-state index is -0.936. The fraction of sp³-hybridized carbons (Fsp3) is 0.667. The Morgan fingerprint density at radius 1 is 1.50 bits per heavy atom. The van der Waals surface area contributed by atoms with E-state index in [0.29, 0.717) is 12.0 Å². The highest BCUT2D eigenvalue weighted by Crippen LogP contribution is 2.27. The lowest BCUT2D eigenvalue weighted by atomic mass is 9.93. The summed E-state index contributed by atoms with van der Waals surface area (Å²) in [5, 5.41) is 11.2. The molecule has 0 aromatic carbocycles. The fourth-order valence-corrected chi connectivity index (χ4v) is 2.68. The Balaban J connectivity index is 1.88. The average molecular weight is 308 g/mol. The number of carboxylic acid groups (broad SMARTS) is 1. The first kappa shape index (κ1) is 16.6. The van der Waals surface area contributed by atoms with E-state index in [9.17, 15) is 4.79 Å². The lowest BCUT2D eigenvalue weighted by Gasteiger charge is -2.39. The number of nitrogens with one attached hydrogen (secondary N) is 1. The summed E-state index contributed by atoms with van der Waals surface area (Å²) in [5.41, 5.74) is 0.936. The first-order valence-electron chi connectivity index (χ1n) is 7.46. The molecule has 2 rings (SSSR count). The minimum Gasteiger partial charge on any atom is -0.480 e. The van der Waals surface area contributed by atoms with Gasteiger partial charge in [-0.1, -0.05) is 0 Å². The Morgan fingerprint density at radius 3 is 2.77 bits per heavy atom. The second kappa shape index (κ2) is 7.02. The number of carboxylic acids is 1. The lowest BCUT2D eigenvalue weighted by molar-refractivity contribution is -0.134. The third-order valence-corrected chi connectivity index (χ3v) is 3.83. The Labute approximate surface area is 130 Å². The van der Waals surface area contributed by atoms with Gasteiger partial charge in [0, 0.05) is 37.2 Å². The van der Waals surface area contributed by atoms with Gasteiger partial charge in [0.05, 0.1) is 5.60 Å². The molecular formula is C15H24N4O3. The molecule has 1 aromatic rings. The van der Waals surface area contributed by atoms with Crippen LogP contribution in [0.25, 0.3) is 0 Å². The Kier molecular flexibility index (Phi) is 5.31. The van der Waals surface area contributed by atoms with E-state index < -0.39 is 5.97 Å². The van der Waals surface area contributed by atoms with Crippen molar-refractivity contribution in [1.82, 2.24) is 14.9 Å². The van der Waals surface area contributed by atoms with Gasteiger partial charge in [-0.25, -0.2) is 9.97 Å². The molecule has 0 unspecified atom stereocenters. The van der Waals surface area contributed by atoms with Crippen molar-refractivity contribution in [2.45, 2.75) is 44.9 Å². The van der Waals surface area contributed by atoms with Gasteiger partial charge in [0.25, 0.3) is 0 Å². The molecule has 1 atom stereocenters. The molecule has 2 heterocycles. The molecular weight excluding hydrogens is 284 g/mol. The van der Waals surface area contributed by atoms with E-state index in [1.54, 1.807) is 12.4 Å². The number of hydrogen-bond donors (Lipinski definition) is 2. The normalized spacial score (nSPS) is 20.8. The van der Waals surface area contributed by atoms with Gasteiger partial charge < -0.3 is 15.2 Å². The summed E-state index contributed by atoms with van der Waals surface area (Å²) < 4.78 is 5.75. The minimum absolute atomic E-state index is 0.0711. The molecule has 7 heteroatoms. The van der Waals surface area contributed by atoms with Gasteiger partial charge in [0.2, 0.25) is 5.95 Å². The monoisotopic (exact) mass is 308 g/mol. The van der Waals surface area contributed by atoms with E-state index in [-0.39, 0.29) is 12.1 Å². The van der Waals surface area contributed by atoms with E-state index in [4.69, 9.17) is 9.84 Å². The second-order valence-electron chi connectivity index (χ2n) is 6.33. The lowest BCUT2D eigenvalue weighted by Crippen LogP contribution is -2.44. The third kappa shape index (κ3) is 4.92. The molecule has 7 nitrogen and oxygen atoms in total. The largest absolute Gasteiger partial charge is 0.480 e. The van der Waals surface area contributed by atoms with Gasteiger partial charge >= 0.3 is 5.97 Å². The predicted molar refractivity (Wildman–Crippen MR) is 82.7 cm³/mol. The predicted octanol–water partition coefficient (Wildman–Crippen LogP) is 1.36. The number of anilines is 1. The maximum Gasteiger partial charge on any atom is 0.322 e. The van der Waals surface area contributed by atoms with Crippen LogP contribution >= 0.6 is 0 Å². The van der Waals surface area contributed by atoms with Gasteiger partial charge in [-0.3, -0.25) is 9.69 Å². The van der Waals surface area contributed by atoms with Crippen LogP contribution in [0.2, 0.25) is 0 Å². The quantitative estimate of drug-likeness (QED) is 0.820. The van der Waals surface area contributed by atoms with Crippen LogP contribution in [0, 0.1) is 0 Å². The molecule has 0 radical (unpaired) electrons. The standard InChI is InChI=1S/C15H24N4O3/c1-15(2)6-12(4-5-22-15)19(3)10-11-7-16-14(17-8-11)18-9-13(20)21/h7-8,12H,4-6,9-10H2,1-3H3,(H,20,21)(H,16,17,18)/t12-/m0/s1. The maximum absolute atomic E-state index is 10.5. The van der Waals surface area contributed by atoms with Crippen molar-refractivity contribution >= 4 is 11.9 Å². The average Bonchev–Trinajstić information content (AvgIpc) is 2.45. The molecule has 0 aliphatic carbocycles. The fourth-order valence-electron chi connectivity index (χ4n) is 2.68. The maximum atomic E-state index is 10.5. The summed E-state index contributed by atoms with van der Waals surface area (Å²) in [6.45, 7) is 5.62. The van der Waals surface area contributed by atoms with Crippen LogP contribution in [0.1, 0.15) is 32.3 Å². The van der Waals surface area contributed by atoms with Crippen LogP contribution in [0.5, 0.6) is 0 Å². The molecule has 0 amide bonds. The molecule has 1 aliphatic heterocycles. The highest BCUT2D eigenvalue weighted by Gasteiger charge is 2.30. The topological polar surface area (TPSA) is 87.6 Å². The van der Waals surface area contributed by atoms with Crippen LogP contribution in [0.4, 0.5) is 5.95 Å². The number of nitrogens with zero attached hydrogens (tertiary/aromatic N) is 3. The number of hydrogen-bond acceptors (Lipinski definition) is 6. The number of aliphatic carboxylic acids is 1. The highest BCUT2D eigenvalue weighted by atomic mass is 16.5. The number of rotatable bonds is 6. The highest BCUT2D eigenvalue weighted by molar-refractivity contribution is 5.71. The summed E-state index contributed by atoms with van der Waals surface area (Å²) in [7, 11) is 2.10. The van der Waals surface area contributed by atoms with E-state index in [1.165, 1.54) is 0 Å². The molecule has 2 N–H and O–H groups in total. The van der Waals surface area contributed by atoms with Crippen molar-refractivity contribution in [3.63, 3.8) is 0 Å². The number of aromatic nitrogens is 2. The summed E-state index contributed by atoms with van der Waals surface area (Å²) >= 11 is 0. The van der Waals surface area contributed by atoms with Crippen molar-refractivity contribution < 1.29 is 14.6 Å². The number of ether oxygens (including phenoxy) is 1. The van der Waals surface area contributed by atoms with Gasteiger partial charge in [-0.2, -0.15) is 0 Å². The van der Waals surface area contributed by atoms with Gasteiger partial charge in [-0.15, -0.1) is 0 Å². The summed E-state index contributed by atoms with van der Waals surface area (Å²) in [4.78, 5) is 21.1. The summed E-state index contributed by atoms with van der Waals surface area (Å²) in [5.74, 6) is -0.601. The molecule has 0 saturated carbocycles. The first-order chi connectivity index (χ1) is 10.4. The van der Waals surface area contributed by atoms with Crippen LogP contribution in [0.15, 0.2) is 12.4 Å². The molecule has 0 bridgehead atoms. The van der Waals surface area contributed by atoms with Crippen LogP contribution in [-0.4, -0.2) is 57.8 Å². The Morgan fingerprint density at radius 2 is 2.18 bits per heavy atom. The van der Waals surface area contributed by atoms with E-state index in [1.807, 2.05) is 0 Å². The SMILES string of the molecule is CN(Cc1cnc(NCC(=O)O)nc1)[C@H]1CCOC(C)(C)C1. The Bertz CT molecular complexity index is 504. The molecule has 22 heavy (non-hydrogen) atoms. The zero-order valence-corrected chi connectivity index (χ0v) is 13.4. The van der Waals surface area contributed by atoms with Crippen LogP contribution in [-0.2, 0) is 16.1 Å². The molecule has 1 fully saturated rings. The van der Waals surface area contributed by atoms with Crippen molar-refractivity contribution in [2.75, 3.05) is 25.5 Å². The molecule has 1 aliphatic rings. The third-order valence-electron chi connectivity index (χ3n) is 3.83. The second-order valence-corrected chi connectivity index (χ2v) is 6.33. The zero-order valence-electron chi connectivity index (χ0n) is 13.4. The van der Waals surface area contributed by atoms with E-state index >= 15 is 0 Å². The van der Waals surface area contributed by atoms with Crippen molar-refractivity contribution in [1.29, 1.82) is 0 Å². The molecule has 0 spiro atoms. The smallest absolute Gasteiger partial charge is 0.322 e.